The smallest absolute Gasteiger partial charge is 1.00 e. The molecule has 0 amide bonds. The van der Waals surface area contributed by atoms with Crippen LogP contribution in [0.25, 0.3) is 0 Å². The molecule has 0 spiro atoms. The summed E-state index contributed by atoms with van der Waals surface area (Å²) in [5.41, 5.74) is 0.518. The Morgan fingerprint density at radius 3 is 2.55 bits per heavy atom. The zero-order chi connectivity index (χ0) is 7.56. The molecule has 4 heteroatoms. The molecule has 0 atom stereocenters. The van der Waals surface area contributed by atoms with Gasteiger partial charge in [0.15, 0.2) is 0 Å². The van der Waals surface area contributed by atoms with Crippen molar-refractivity contribution in [2.45, 2.75) is 5.33 Å². The van der Waals surface area contributed by atoms with Gasteiger partial charge < -0.3 is 2.85 Å². The molecule has 0 unspecified atom stereocenters. The fourth-order valence-corrected chi connectivity index (χ4v) is 1.62. The van der Waals surface area contributed by atoms with Crippen molar-refractivity contribution in [2.24, 2.45) is 0 Å². The Kier molecular flexibility index (Phi) is 5.69. The van der Waals surface area contributed by atoms with Gasteiger partial charge in [-0.25, -0.2) is 4.39 Å². The van der Waals surface area contributed by atoms with E-state index in [0.29, 0.717) is 15.9 Å². The van der Waals surface area contributed by atoms with Crippen LogP contribution in [-0.2, 0) is 5.33 Å². The second-order valence-corrected chi connectivity index (χ2v) is 2.80. The van der Waals surface area contributed by atoms with Crippen LogP contribution in [0.1, 0.15) is 8.42 Å². The van der Waals surface area contributed by atoms with Crippen molar-refractivity contribution >= 4 is 50.6 Å². The summed E-state index contributed by atoms with van der Waals surface area (Å²) in [5.74, 6) is -0.260. The molecule has 0 nitrogen and oxygen atoms in total. The summed E-state index contributed by atoms with van der Waals surface area (Å²) in [7, 11) is 0. The average molecular weight is 250 g/mol. The van der Waals surface area contributed by atoms with Crippen molar-refractivity contribution in [3.8, 4) is 0 Å². The quantitative estimate of drug-likeness (QED) is 0.530. The Morgan fingerprint density at radius 2 is 2.18 bits per heavy atom. The molecule has 0 N–H and O–H groups in total. The number of rotatable bonds is 1. The maximum absolute atomic E-state index is 12.7. The Labute approximate surface area is 97.4 Å². The van der Waals surface area contributed by atoms with Crippen molar-refractivity contribution in [3.05, 3.63) is 34.6 Å². The van der Waals surface area contributed by atoms with Crippen molar-refractivity contribution < 1.29 is 7.24 Å². The monoisotopic (exact) mass is 248 g/mol. The largest absolute Gasteiger partial charge is 2.00 e. The summed E-state index contributed by atoms with van der Waals surface area (Å²) in [5, 5.41) is 0.926. The van der Waals surface area contributed by atoms with Crippen LogP contribution in [0, 0.1) is 5.82 Å². The van der Waals surface area contributed by atoms with Crippen LogP contribution in [-0.4, -0.2) is 23.1 Å². The first-order valence-electron chi connectivity index (χ1n) is 2.74. The molecule has 0 fully saturated rings. The summed E-state index contributed by atoms with van der Waals surface area (Å²) in [4.78, 5) is 0. The topological polar surface area (TPSA) is 0 Å². The number of hydrogen-bond donors (Lipinski definition) is 0. The SMILES string of the molecule is Fc1cccc(Cl)c1CBr.[H-].[H-].[Mg+2]. The van der Waals surface area contributed by atoms with E-state index in [9.17, 15) is 4.39 Å². The number of alkyl halides is 1. The fraction of sp³-hybridized carbons (Fsp3) is 0.143. The predicted molar refractivity (Wildman–Crippen MR) is 52.0 cm³/mol. The average Bonchev–Trinajstić information content (AvgIpc) is 1.88. The van der Waals surface area contributed by atoms with Gasteiger partial charge in [0.05, 0.1) is 0 Å². The van der Waals surface area contributed by atoms with Crippen LogP contribution in [0.15, 0.2) is 18.2 Å². The van der Waals surface area contributed by atoms with Gasteiger partial charge in [-0.05, 0) is 12.1 Å². The van der Waals surface area contributed by atoms with Gasteiger partial charge in [0, 0.05) is 15.9 Å². The number of halogens is 3. The summed E-state index contributed by atoms with van der Waals surface area (Å²) in [6.45, 7) is 0. The van der Waals surface area contributed by atoms with Crippen molar-refractivity contribution in [2.75, 3.05) is 0 Å². The van der Waals surface area contributed by atoms with Crippen LogP contribution in [0.2, 0.25) is 5.02 Å². The molecule has 1 aromatic carbocycles. The first-order chi connectivity index (χ1) is 4.75. The molecule has 0 bridgehead atoms. The number of benzene rings is 1. The van der Waals surface area contributed by atoms with E-state index >= 15 is 0 Å². The van der Waals surface area contributed by atoms with Crippen molar-refractivity contribution in [1.82, 2.24) is 0 Å². The second kappa shape index (κ2) is 5.35. The van der Waals surface area contributed by atoms with Gasteiger partial charge in [-0.1, -0.05) is 33.6 Å². The van der Waals surface area contributed by atoms with Crippen LogP contribution in [0.4, 0.5) is 4.39 Å². The zero-order valence-corrected chi connectivity index (χ0v) is 9.54. The van der Waals surface area contributed by atoms with E-state index in [1.165, 1.54) is 6.07 Å². The molecule has 1 rings (SSSR count). The third kappa shape index (κ3) is 2.90. The summed E-state index contributed by atoms with van der Waals surface area (Å²) in [6.07, 6.45) is 0. The third-order valence-corrected chi connectivity index (χ3v) is 2.11. The van der Waals surface area contributed by atoms with Gasteiger partial charge in [0.25, 0.3) is 0 Å². The van der Waals surface area contributed by atoms with E-state index in [1.54, 1.807) is 12.1 Å². The maximum Gasteiger partial charge on any atom is 2.00 e. The summed E-state index contributed by atoms with van der Waals surface area (Å²) >= 11 is 8.79. The van der Waals surface area contributed by atoms with Gasteiger partial charge in [-0.15, -0.1) is 0 Å². The maximum atomic E-state index is 12.7. The van der Waals surface area contributed by atoms with E-state index in [2.05, 4.69) is 15.9 Å². The Balaban J connectivity index is -0.000000333. The van der Waals surface area contributed by atoms with Crippen LogP contribution in [0.5, 0.6) is 0 Å². The molecule has 0 aliphatic heterocycles. The predicted octanol–water partition coefficient (Wildman–Crippen LogP) is 3.22. The molecule has 58 valence electrons. The van der Waals surface area contributed by atoms with Gasteiger partial charge >= 0.3 is 23.1 Å². The molecular formula is C7H7BrClFMg. The molecule has 0 radical (unpaired) electrons. The van der Waals surface area contributed by atoms with Crippen LogP contribution in [0.3, 0.4) is 0 Å². The van der Waals surface area contributed by atoms with Crippen LogP contribution < -0.4 is 0 Å². The first kappa shape index (κ1) is 11.7. The Hall–Kier alpha value is 0.686. The normalized spacial score (nSPS) is 9.00. The molecule has 0 saturated heterocycles. The molecule has 0 aromatic heterocycles. The summed E-state index contributed by atoms with van der Waals surface area (Å²) in [6, 6.07) is 4.65. The minimum Gasteiger partial charge on any atom is -1.00 e. The van der Waals surface area contributed by atoms with E-state index in [0.717, 1.165) is 0 Å². The van der Waals surface area contributed by atoms with Crippen molar-refractivity contribution in [3.63, 3.8) is 0 Å². The van der Waals surface area contributed by atoms with Gasteiger partial charge in [-0.3, -0.25) is 0 Å². The Morgan fingerprint density at radius 1 is 1.55 bits per heavy atom. The standard InChI is InChI=1S/C7H5BrClF.Mg.2H/c8-4-5-6(9)2-1-3-7(5)10;;;/h1-3H,4H2;;;/q;+2;2*-1. The van der Waals surface area contributed by atoms with Gasteiger partial charge in [0.1, 0.15) is 5.82 Å². The molecule has 1 aromatic rings. The van der Waals surface area contributed by atoms with Crippen molar-refractivity contribution in [1.29, 1.82) is 0 Å². The molecular weight excluding hydrogens is 243 g/mol. The molecule has 11 heavy (non-hydrogen) atoms. The molecule has 0 aliphatic rings. The third-order valence-electron chi connectivity index (χ3n) is 1.20. The molecule has 0 saturated carbocycles. The minimum absolute atomic E-state index is 0. The van der Waals surface area contributed by atoms with E-state index in [4.69, 9.17) is 11.6 Å². The Bertz CT molecular complexity index is 230. The van der Waals surface area contributed by atoms with Crippen LogP contribution >= 0.6 is 27.5 Å². The molecule has 0 aliphatic carbocycles. The molecule has 0 heterocycles. The van der Waals surface area contributed by atoms with E-state index in [1.807, 2.05) is 0 Å². The van der Waals surface area contributed by atoms with Gasteiger partial charge in [-0.2, -0.15) is 0 Å². The summed E-state index contributed by atoms with van der Waals surface area (Å²) < 4.78 is 12.7. The number of hydrogen-bond acceptors (Lipinski definition) is 0. The van der Waals surface area contributed by atoms with Gasteiger partial charge in [0.2, 0.25) is 0 Å². The zero-order valence-electron chi connectivity index (χ0n) is 7.78. The minimum atomic E-state index is -0.260. The van der Waals surface area contributed by atoms with E-state index < -0.39 is 0 Å². The fourth-order valence-electron chi connectivity index (χ4n) is 0.660. The second-order valence-electron chi connectivity index (χ2n) is 1.83. The van der Waals surface area contributed by atoms with E-state index in [-0.39, 0.29) is 31.7 Å². The first-order valence-corrected chi connectivity index (χ1v) is 4.24.